The van der Waals surface area contributed by atoms with Crippen LogP contribution in [0.25, 0.3) is 33.4 Å². The van der Waals surface area contributed by atoms with Gasteiger partial charge in [0.15, 0.2) is 0 Å². The summed E-state index contributed by atoms with van der Waals surface area (Å²) in [4.78, 5) is 11.8. The second-order valence-corrected chi connectivity index (χ2v) is 7.93. The number of nitrogens with one attached hydrogen (secondary N) is 2. The Morgan fingerprint density at radius 1 is 1.12 bits per heavy atom. The topological polar surface area (TPSA) is 53.6 Å². The highest BCUT2D eigenvalue weighted by atomic mass is 35.5. The fraction of sp³-hybridized carbons (Fsp3) is 0.231. The van der Waals surface area contributed by atoms with Gasteiger partial charge >= 0.3 is 0 Å². The standard InChI is InChI=1S/C19H13ClFN3.C7H15N/c1-11-6-13-7-12(2-5-17(13)22-9-11)18-19(24-10-23-18)15-8-14(20)3-4-16(15)21;1-3-5-7-8-6-4-2/h2-10H,1H3,(H,23,24);3,8H,1,4-7H2,2H3. The summed E-state index contributed by atoms with van der Waals surface area (Å²) in [5.41, 5.74) is 4.58. The Morgan fingerprint density at radius 2 is 1.97 bits per heavy atom. The molecule has 4 rings (SSSR count). The van der Waals surface area contributed by atoms with Crippen molar-refractivity contribution in [3.05, 3.63) is 84.0 Å². The highest BCUT2D eigenvalue weighted by Gasteiger charge is 2.15. The normalized spacial score (nSPS) is 10.6. The van der Waals surface area contributed by atoms with Gasteiger partial charge in [-0.2, -0.15) is 0 Å². The molecule has 0 fully saturated rings. The van der Waals surface area contributed by atoms with Gasteiger partial charge in [0.05, 0.1) is 23.2 Å². The molecule has 0 spiro atoms. The number of H-pyrrole nitrogens is 1. The van der Waals surface area contributed by atoms with Crippen molar-refractivity contribution in [3.63, 3.8) is 0 Å². The van der Waals surface area contributed by atoms with Gasteiger partial charge < -0.3 is 10.3 Å². The van der Waals surface area contributed by atoms with Crippen molar-refractivity contribution in [3.8, 4) is 22.5 Å². The van der Waals surface area contributed by atoms with Gasteiger partial charge in [0.25, 0.3) is 0 Å². The summed E-state index contributed by atoms with van der Waals surface area (Å²) in [7, 11) is 0. The number of aromatic amines is 1. The number of hydrogen-bond donors (Lipinski definition) is 2. The van der Waals surface area contributed by atoms with Gasteiger partial charge in [-0.25, -0.2) is 9.37 Å². The zero-order valence-corrected chi connectivity index (χ0v) is 19.2. The third-order valence-corrected chi connectivity index (χ3v) is 5.12. The van der Waals surface area contributed by atoms with Crippen molar-refractivity contribution in [2.45, 2.75) is 26.7 Å². The third-order valence-electron chi connectivity index (χ3n) is 4.88. The van der Waals surface area contributed by atoms with Crippen LogP contribution < -0.4 is 5.32 Å². The number of nitrogens with zero attached hydrogens (tertiary/aromatic N) is 2. The van der Waals surface area contributed by atoms with Crippen molar-refractivity contribution in [1.82, 2.24) is 20.3 Å². The molecule has 0 aliphatic carbocycles. The van der Waals surface area contributed by atoms with Gasteiger partial charge in [0.1, 0.15) is 5.82 Å². The summed E-state index contributed by atoms with van der Waals surface area (Å²) in [6, 6.07) is 12.4. The lowest BCUT2D eigenvalue weighted by molar-refractivity contribution is 0.631. The maximum absolute atomic E-state index is 14.2. The van der Waals surface area contributed by atoms with E-state index < -0.39 is 0 Å². The summed E-state index contributed by atoms with van der Waals surface area (Å²) in [6.07, 6.45) is 7.63. The number of hydrogen-bond acceptors (Lipinski definition) is 3. The van der Waals surface area contributed by atoms with Crippen LogP contribution in [0.4, 0.5) is 4.39 Å². The lowest BCUT2D eigenvalue weighted by Crippen LogP contribution is -2.14. The fourth-order valence-corrected chi connectivity index (χ4v) is 3.47. The highest BCUT2D eigenvalue weighted by molar-refractivity contribution is 6.30. The predicted molar refractivity (Wildman–Crippen MR) is 132 cm³/mol. The smallest absolute Gasteiger partial charge is 0.132 e. The lowest BCUT2D eigenvalue weighted by atomic mass is 10.0. The second kappa shape index (κ2) is 11.6. The Bertz CT molecular complexity index is 1190. The van der Waals surface area contributed by atoms with Crippen LogP contribution in [0.5, 0.6) is 0 Å². The summed E-state index contributed by atoms with van der Waals surface area (Å²) in [6.45, 7) is 10.00. The number of fused-ring (bicyclic) bond motifs is 1. The Labute approximate surface area is 193 Å². The van der Waals surface area contributed by atoms with Crippen molar-refractivity contribution in [2.24, 2.45) is 0 Å². The molecule has 0 saturated heterocycles. The Balaban J connectivity index is 0.000000312. The second-order valence-electron chi connectivity index (χ2n) is 7.50. The molecule has 0 unspecified atom stereocenters. The number of pyridine rings is 1. The van der Waals surface area contributed by atoms with Crippen LogP contribution in [0.15, 0.2) is 67.6 Å². The summed E-state index contributed by atoms with van der Waals surface area (Å²) < 4.78 is 14.2. The van der Waals surface area contributed by atoms with Gasteiger partial charge in [-0.15, -0.1) is 6.58 Å². The zero-order valence-electron chi connectivity index (χ0n) is 18.5. The Hall–Kier alpha value is -3.02. The van der Waals surface area contributed by atoms with Crippen molar-refractivity contribution < 1.29 is 4.39 Å². The maximum atomic E-state index is 14.2. The minimum atomic E-state index is -0.344. The minimum absolute atomic E-state index is 0.344. The number of aromatic nitrogens is 3. The molecule has 2 heterocycles. The van der Waals surface area contributed by atoms with E-state index >= 15 is 0 Å². The number of imidazole rings is 1. The maximum Gasteiger partial charge on any atom is 0.132 e. The molecular weight excluding hydrogens is 423 g/mol. The molecule has 32 heavy (non-hydrogen) atoms. The highest BCUT2D eigenvalue weighted by Crippen LogP contribution is 2.33. The quantitative estimate of drug-likeness (QED) is 0.236. The van der Waals surface area contributed by atoms with Gasteiger partial charge in [-0.05, 0) is 74.8 Å². The van der Waals surface area contributed by atoms with E-state index in [-0.39, 0.29) is 5.82 Å². The molecule has 0 aliphatic heterocycles. The van der Waals surface area contributed by atoms with Gasteiger partial charge in [-0.3, -0.25) is 4.98 Å². The lowest BCUT2D eigenvalue weighted by Gasteiger charge is -2.07. The molecule has 166 valence electrons. The van der Waals surface area contributed by atoms with E-state index in [9.17, 15) is 4.39 Å². The van der Waals surface area contributed by atoms with Gasteiger partial charge in [-0.1, -0.05) is 30.7 Å². The van der Waals surface area contributed by atoms with E-state index in [1.165, 1.54) is 18.6 Å². The predicted octanol–water partition coefficient (Wildman–Crippen LogP) is 6.95. The molecule has 0 amide bonds. The largest absolute Gasteiger partial charge is 0.344 e. The monoisotopic (exact) mass is 450 g/mol. The van der Waals surface area contributed by atoms with E-state index in [0.29, 0.717) is 22.0 Å². The first kappa shape index (κ1) is 23.6. The number of halogens is 2. The van der Waals surface area contributed by atoms with Crippen molar-refractivity contribution in [1.29, 1.82) is 0 Å². The summed E-state index contributed by atoms with van der Waals surface area (Å²) >= 11 is 6.02. The fourth-order valence-electron chi connectivity index (χ4n) is 3.30. The molecule has 0 saturated carbocycles. The summed E-state index contributed by atoms with van der Waals surface area (Å²) in [5.74, 6) is -0.344. The van der Waals surface area contributed by atoms with E-state index in [4.69, 9.17) is 11.6 Å². The van der Waals surface area contributed by atoms with E-state index in [0.717, 1.165) is 41.5 Å². The first-order valence-corrected chi connectivity index (χ1v) is 11.1. The van der Waals surface area contributed by atoms with Crippen LogP contribution in [-0.2, 0) is 0 Å². The number of rotatable bonds is 7. The van der Waals surface area contributed by atoms with Crippen LogP contribution in [0, 0.1) is 12.7 Å². The van der Waals surface area contributed by atoms with Crippen LogP contribution in [-0.4, -0.2) is 28.0 Å². The van der Waals surface area contributed by atoms with Crippen molar-refractivity contribution >= 4 is 22.5 Å². The number of benzene rings is 2. The third kappa shape index (κ3) is 6.02. The number of aryl methyl sites for hydroxylation is 1. The van der Waals surface area contributed by atoms with E-state index in [2.05, 4.69) is 39.8 Å². The zero-order chi connectivity index (χ0) is 22.9. The van der Waals surface area contributed by atoms with Crippen LogP contribution in [0.1, 0.15) is 25.3 Å². The van der Waals surface area contributed by atoms with E-state index in [1.54, 1.807) is 12.4 Å². The minimum Gasteiger partial charge on any atom is -0.344 e. The van der Waals surface area contributed by atoms with Crippen LogP contribution in [0.2, 0.25) is 5.02 Å². The molecule has 0 atom stereocenters. The average molecular weight is 451 g/mol. The van der Waals surface area contributed by atoms with Crippen LogP contribution >= 0.6 is 11.6 Å². The molecule has 4 nitrogen and oxygen atoms in total. The Kier molecular flexibility index (Phi) is 8.54. The molecule has 2 aromatic heterocycles. The first-order valence-electron chi connectivity index (χ1n) is 10.7. The molecule has 4 aromatic rings. The molecule has 2 N–H and O–H groups in total. The van der Waals surface area contributed by atoms with E-state index in [1.807, 2.05) is 37.4 Å². The van der Waals surface area contributed by atoms with Crippen LogP contribution in [0.3, 0.4) is 0 Å². The molecule has 2 aromatic carbocycles. The first-order chi connectivity index (χ1) is 15.5. The molecule has 0 radical (unpaired) electrons. The summed E-state index contributed by atoms with van der Waals surface area (Å²) in [5, 5.41) is 4.76. The molecule has 0 aliphatic rings. The van der Waals surface area contributed by atoms with Gasteiger partial charge in [0.2, 0.25) is 0 Å². The SMILES string of the molecule is C=CCCNCCC.Cc1cnc2ccc(-c3nc[nH]c3-c3cc(Cl)ccc3F)cc2c1. The molecule has 0 bridgehead atoms. The average Bonchev–Trinajstić information content (AvgIpc) is 3.28. The Morgan fingerprint density at radius 3 is 2.75 bits per heavy atom. The van der Waals surface area contributed by atoms with Crippen molar-refractivity contribution in [2.75, 3.05) is 13.1 Å². The molecular formula is C26H28ClFN4. The molecule has 6 heteroatoms. The van der Waals surface area contributed by atoms with Gasteiger partial charge in [0, 0.05) is 27.7 Å².